The van der Waals surface area contributed by atoms with Crippen LogP contribution < -0.4 is 0 Å². The van der Waals surface area contributed by atoms with E-state index >= 15 is 0 Å². The first-order valence-electron chi connectivity index (χ1n) is 7.72. The van der Waals surface area contributed by atoms with Gasteiger partial charge in [-0.2, -0.15) is 23.5 Å². The molecule has 0 amide bonds. The third-order valence-electron chi connectivity index (χ3n) is 3.56. The van der Waals surface area contributed by atoms with Gasteiger partial charge in [0.2, 0.25) is 0 Å². The molecule has 2 heterocycles. The largest absolute Gasteiger partial charge is 0.156 e. The molecule has 2 aliphatic heterocycles. The Kier molecular flexibility index (Phi) is 5.82. The highest BCUT2D eigenvalue weighted by molar-refractivity contribution is 8.09. The molecule has 2 unspecified atom stereocenters. The van der Waals surface area contributed by atoms with Gasteiger partial charge in [0.05, 0.1) is 0 Å². The lowest BCUT2D eigenvalue weighted by Crippen LogP contribution is -1.86. The zero-order valence-corrected chi connectivity index (χ0v) is 16.7. The molecule has 2 aromatic carbocycles. The maximum Gasteiger partial charge on any atom is 0.0232 e. The molecule has 5 heteroatoms. The van der Waals surface area contributed by atoms with Crippen LogP contribution in [0, 0.1) is 0 Å². The Bertz CT molecular complexity index is 572. The van der Waals surface area contributed by atoms with Gasteiger partial charge in [-0.3, -0.25) is 0 Å². The minimum Gasteiger partial charge on any atom is -0.156 e. The van der Waals surface area contributed by atoms with Crippen LogP contribution in [0.15, 0.2) is 68.1 Å². The van der Waals surface area contributed by atoms with Crippen molar-refractivity contribution in [2.24, 2.45) is 0 Å². The molecule has 2 atom stereocenters. The quantitative estimate of drug-likeness (QED) is 0.382. The van der Waals surface area contributed by atoms with Crippen molar-refractivity contribution < 1.29 is 0 Å². The smallest absolute Gasteiger partial charge is 0.0232 e. The predicted molar refractivity (Wildman–Crippen MR) is 111 cm³/mol. The molecule has 0 spiro atoms. The van der Waals surface area contributed by atoms with Crippen molar-refractivity contribution in [3.8, 4) is 0 Å². The van der Waals surface area contributed by atoms with Gasteiger partial charge in [-0.1, -0.05) is 11.8 Å². The van der Waals surface area contributed by atoms with E-state index in [4.69, 9.17) is 0 Å². The fraction of sp³-hybridized carbons (Fsp3) is 0.333. The second kappa shape index (κ2) is 8.05. The second-order valence-electron chi connectivity index (χ2n) is 5.58. The van der Waals surface area contributed by atoms with E-state index in [1.54, 1.807) is 0 Å². The van der Waals surface area contributed by atoms with Crippen LogP contribution in [0.4, 0.5) is 0 Å². The molecule has 0 N–H and O–H groups in total. The van der Waals surface area contributed by atoms with Gasteiger partial charge in [-0.15, -0.1) is 23.5 Å². The molecule has 23 heavy (non-hydrogen) atoms. The molecule has 0 nitrogen and oxygen atoms in total. The van der Waals surface area contributed by atoms with Crippen molar-refractivity contribution in [2.45, 2.75) is 30.1 Å². The molecule has 0 saturated carbocycles. The summed E-state index contributed by atoms with van der Waals surface area (Å²) in [4.78, 5) is 5.44. The van der Waals surface area contributed by atoms with Crippen molar-refractivity contribution in [1.29, 1.82) is 0 Å². The Hall–Kier alpha value is 0.190. The summed E-state index contributed by atoms with van der Waals surface area (Å²) in [6, 6.07) is 18.0. The van der Waals surface area contributed by atoms with Crippen LogP contribution in [0.2, 0.25) is 0 Å². The molecule has 120 valence electrons. The number of rotatable bonds is 8. The minimum absolute atomic E-state index is 0.906. The summed E-state index contributed by atoms with van der Waals surface area (Å²) in [6.45, 7) is 0. The molecular formula is C18H18S5. The van der Waals surface area contributed by atoms with Gasteiger partial charge in [0.1, 0.15) is 0 Å². The third-order valence-corrected chi connectivity index (χ3v) is 9.29. The summed E-state index contributed by atoms with van der Waals surface area (Å²) in [6.07, 6.45) is 0. The Balaban J connectivity index is 1.29. The summed E-state index contributed by atoms with van der Waals surface area (Å²) in [7, 11) is 0. The van der Waals surface area contributed by atoms with E-state index in [0.29, 0.717) is 0 Å². The average Bonchev–Trinajstić information content (AvgIpc) is 3.48. The molecular weight excluding hydrogens is 377 g/mol. The first-order chi connectivity index (χ1) is 11.3. The van der Waals surface area contributed by atoms with Gasteiger partial charge in [-0.05, 0) is 48.5 Å². The Morgan fingerprint density at radius 1 is 0.652 bits per heavy atom. The molecule has 2 fully saturated rings. The van der Waals surface area contributed by atoms with Crippen molar-refractivity contribution in [3.05, 3.63) is 48.5 Å². The van der Waals surface area contributed by atoms with Gasteiger partial charge in [0.15, 0.2) is 0 Å². The zero-order valence-electron chi connectivity index (χ0n) is 12.6. The van der Waals surface area contributed by atoms with E-state index in [1.165, 1.54) is 42.6 Å². The van der Waals surface area contributed by atoms with Gasteiger partial charge in [-0.25, -0.2) is 0 Å². The summed E-state index contributed by atoms with van der Waals surface area (Å²) < 4.78 is 0. The van der Waals surface area contributed by atoms with E-state index in [1.807, 2.05) is 35.3 Å². The number of benzene rings is 2. The highest BCUT2D eigenvalue weighted by atomic mass is 32.2. The Labute approximate surface area is 159 Å². The van der Waals surface area contributed by atoms with E-state index < -0.39 is 0 Å². The van der Waals surface area contributed by atoms with Gasteiger partial charge >= 0.3 is 0 Å². The number of hydrogen-bond donors (Lipinski definition) is 0. The van der Waals surface area contributed by atoms with Crippen LogP contribution in [-0.2, 0) is 0 Å². The first kappa shape index (κ1) is 16.6. The Morgan fingerprint density at radius 3 is 1.35 bits per heavy atom. The van der Waals surface area contributed by atoms with Crippen LogP contribution >= 0.6 is 58.8 Å². The maximum atomic E-state index is 2.26. The normalized spacial score (nSPS) is 22.1. The highest BCUT2D eigenvalue weighted by Crippen LogP contribution is 2.37. The summed E-state index contributed by atoms with van der Waals surface area (Å²) in [5.41, 5.74) is 0. The Morgan fingerprint density at radius 2 is 1.00 bits per heavy atom. The number of hydrogen-bond acceptors (Lipinski definition) is 5. The van der Waals surface area contributed by atoms with Gasteiger partial charge in [0.25, 0.3) is 0 Å². The van der Waals surface area contributed by atoms with Crippen molar-refractivity contribution in [1.82, 2.24) is 0 Å². The summed E-state index contributed by atoms with van der Waals surface area (Å²) >= 11 is 9.97. The summed E-state index contributed by atoms with van der Waals surface area (Å²) in [5.74, 6) is 5.23. The predicted octanol–water partition coefficient (Wildman–Crippen LogP) is 6.25. The highest BCUT2D eigenvalue weighted by Gasteiger charge is 2.22. The number of thioether (sulfide) groups is 4. The zero-order chi connectivity index (χ0) is 15.5. The molecule has 2 aromatic rings. The van der Waals surface area contributed by atoms with E-state index in [2.05, 4.69) is 72.1 Å². The molecule has 0 radical (unpaired) electrons. The fourth-order valence-corrected chi connectivity index (χ4v) is 6.50. The van der Waals surface area contributed by atoms with Crippen LogP contribution in [0.1, 0.15) is 0 Å². The van der Waals surface area contributed by atoms with Crippen molar-refractivity contribution in [2.75, 3.05) is 23.0 Å². The summed E-state index contributed by atoms with van der Waals surface area (Å²) in [5, 5.41) is 1.81. The van der Waals surface area contributed by atoms with Crippen molar-refractivity contribution >= 4 is 58.8 Å². The maximum absolute atomic E-state index is 2.26. The fourth-order valence-electron chi connectivity index (χ4n) is 2.05. The van der Waals surface area contributed by atoms with E-state index in [-0.39, 0.29) is 0 Å². The second-order valence-corrected chi connectivity index (χ2v) is 11.6. The van der Waals surface area contributed by atoms with Crippen molar-refractivity contribution in [3.63, 3.8) is 0 Å². The third kappa shape index (κ3) is 5.60. The first-order valence-corrected chi connectivity index (χ1v) is 12.6. The minimum atomic E-state index is 0.906. The molecule has 2 saturated heterocycles. The molecule has 4 rings (SSSR count). The van der Waals surface area contributed by atoms with Crippen LogP contribution in [0.3, 0.4) is 0 Å². The topological polar surface area (TPSA) is 0 Å². The van der Waals surface area contributed by atoms with E-state index in [9.17, 15) is 0 Å². The molecule has 0 aromatic heterocycles. The van der Waals surface area contributed by atoms with Crippen LogP contribution in [0.5, 0.6) is 0 Å². The monoisotopic (exact) mass is 394 g/mol. The molecule has 0 bridgehead atoms. The lowest BCUT2D eigenvalue weighted by molar-refractivity contribution is 1.25. The van der Waals surface area contributed by atoms with Crippen LogP contribution in [-0.4, -0.2) is 33.5 Å². The van der Waals surface area contributed by atoms with Gasteiger partial charge < -0.3 is 0 Å². The molecule has 0 aliphatic carbocycles. The van der Waals surface area contributed by atoms with E-state index in [0.717, 1.165) is 10.5 Å². The average molecular weight is 395 g/mol. The van der Waals surface area contributed by atoms with Crippen LogP contribution in [0.25, 0.3) is 0 Å². The molecule has 2 aliphatic rings. The lowest BCUT2D eigenvalue weighted by Gasteiger charge is -2.05. The standard InChI is InChI=1S/C18H18S5/c1-5-15(6-2-13(1)19-9-17-11-21-17)23-16-7-3-14(4-8-16)20-10-18-12-22-18/h1-8,17-18H,9-12H2. The lowest BCUT2D eigenvalue weighted by atomic mass is 10.4. The SMILES string of the molecule is c1cc(Sc2ccc(SCC3CS3)cc2)ccc1SCC1CS1. The van der Waals surface area contributed by atoms with Gasteiger partial charge in [0, 0.05) is 53.1 Å².